The molecule has 2 aromatic rings. The van der Waals surface area contributed by atoms with E-state index in [0.29, 0.717) is 6.61 Å². The third kappa shape index (κ3) is 6.13. The highest BCUT2D eigenvalue weighted by molar-refractivity contribution is 9.10. The van der Waals surface area contributed by atoms with Crippen LogP contribution in [0.25, 0.3) is 0 Å². The molecule has 1 unspecified atom stereocenters. The molecule has 0 aliphatic heterocycles. The average molecular weight is 416 g/mol. The second-order valence-electron chi connectivity index (χ2n) is 6.17. The molecule has 3 nitrogen and oxygen atoms in total. The molecule has 0 bridgehead atoms. The van der Waals surface area contributed by atoms with Crippen molar-refractivity contribution in [3.05, 3.63) is 88.9 Å². The quantitative estimate of drug-likeness (QED) is 0.432. The van der Waals surface area contributed by atoms with Crippen LogP contribution in [0, 0.1) is 0 Å². The van der Waals surface area contributed by atoms with Gasteiger partial charge in [0.05, 0.1) is 0 Å². The second kappa shape index (κ2) is 10.3. The Balaban J connectivity index is 1.86. The van der Waals surface area contributed by atoms with E-state index in [2.05, 4.69) is 33.9 Å². The van der Waals surface area contributed by atoms with Gasteiger partial charge in [0, 0.05) is 11.0 Å². The SMILES string of the molecule is C=CCCNCC=CCOc1ccc(C(C)(O)c2ccc(Br)cc2)cc1. The van der Waals surface area contributed by atoms with Gasteiger partial charge in [-0.25, -0.2) is 0 Å². The van der Waals surface area contributed by atoms with Crippen LogP contribution in [0.15, 0.2) is 77.8 Å². The Bertz CT molecular complexity index is 706. The summed E-state index contributed by atoms with van der Waals surface area (Å²) < 4.78 is 6.69. The van der Waals surface area contributed by atoms with Gasteiger partial charge in [0.25, 0.3) is 0 Å². The van der Waals surface area contributed by atoms with Gasteiger partial charge in [-0.2, -0.15) is 0 Å². The first-order chi connectivity index (χ1) is 12.5. The average Bonchev–Trinajstić information content (AvgIpc) is 2.65. The summed E-state index contributed by atoms with van der Waals surface area (Å²) >= 11 is 3.42. The van der Waals surface area contributed by atoms with E-state index in [1.54, 1.807) is 6.92 Å². The Labute approximate surface area is 164 Å². The van der Waals surface area contributed by atoms with Gasteiger partial charge in [0.2, 0.25) is 0 Å². The lowest BCUT2D eigenvalue weighted by molar-refractivity contribution is 0.102. The normalized spacial score (nSPS) is 13.5. The number of halogens is 1. The number of hydrogen-bond acceptors (Lipinski definition) is 3. The van der Waals surface area contributed by atoms with E-state index in [1.165, 1.54) is 0 Å². The van der Waals surface area contributed by atoms with Crippen LogP contribution in [0.5, 0.6) is 5.75 Å². The Kier molecular flexibility index (Phi) is 8.10. The lowest BCUT2D eigenvalue weighted by atomic mass is 9.88. The maximum atomic E-state index is 10.9. The molecule has 0 saturated carbocycles. The number of aliphatic hydroxyl groups is 1. The summed E-state index contributed by atoms with van der Waals surface area (Å²) in [5.74, 6) is 0.782. The first-order valence-corrected chi connectivity index (χ1v) is 9.51. The van der Waals surface area contributed by atoms with E-state index in [1.807, 2.05) is 60.7 Å². The first kappa shape index (κ1) is 20.4. The van der Waals surface area contributed by atoms with Crippen molar-refractivity contribution in [2.24, 2.45) is 0 Å². The third-order valence-corrected chi connectivity index (χ3v) is 4.65. The maximum Gasteiger partial charge on any atom is 0.119 e. The molecule has 2 aromatic carbocycles. The minimum absolute atomic E-state index is 0.519. The number of benzene rings is 2. The summed E-state index contributed by atoms with van der Waals surface area (Å²) in [5, 5.41) is 14.2. The molecule has 0 heterocycles. The van der Waals surface area contributed by atoms with E-state index in [9.17, 15) is 5.11 Å². The van der Waals surface area contributed by atoms with Crippen molar-refractivity contribution in [2.75, 3.05) is 19.7 Å². The molecular weight excluding hydrogens is 390 g/mol. The van der Waals surface area contributed by atoms with Gasteiger partial charge in [0.15, 0.2) is 0 Å². The molecule has 0 aromatic heterocycles. The van der Waals surface area contributed by atoms with Gasteiger partial charge in [-0.15, -0.1) is 6.58 Å². The number of ether oxygens (including phenoxy) is 1. The minimum atomic E-state index is -1.05. The van der Waals surface area contributed by atoms with Crippen LogP contribution in [0.2, 0.25) is 0 Å². The Morgan fingerprint density at radius 3 is 2.31 bits per heavy atom. The fourth-order valence-electron chi connectivity index (χ4n) is 2.50. The summed E-state index contributed by atoms with van der Waals surface area (Å²) in [6.45, 7) is 7.77. The highest BCUT2D eigenvalue weighted by atomic mass is 79.9. The molecule has 0 amide bonds. The molecule has 1 atom stereocenters. The monoisotopic (exact) mass is 415 g/mol. The van der Waals surface area contributed by atoms with Crippen molar-refractivity contribution >= 4 is 15.9 Å². The van der Waals surface area contributed by atoms with Crippen LogP contribution in [-0.2, 0) is 5.60 Å². The molecule has 0 saturated heterocycles. The lowest BCUT2D eigenvalue weighted by Crippen LogP contribution is -2.22. The molecule has 138 valence electrons. The van der Waals surface area contributed by atoms with E-state index in [-0.39, 0.29) is 0 Å². The van der Waals surface area contributed by atoms with Gasteiger partial charge < -0.3 is 15.2 Å². The summed E-state index contributed by atoms with van der Waals surface area (Å²) in [4.78, 5) is 0. The summed E-state index contributed by atoms with van der Waals surface area (Å²) in [5.41, 5.74) is 0.631. The predicted molar refractivity (Wildman–Crippen MR) is 112 cm³/mol. The second-order valence-corrected chi connectivity index (χ2v) is 7.08. The summed E-state index contributed by atoms with van der Waals surface area (Å²) in [6, 6.07) is 15.3. The zero-order valence-electron chi connectivity index (χ0n) is 15.1. The van der Waals surface area contributed by atoms with Crippen molar-refractivity contribution in [2.45, 2.75) is 18.9 Å². The van der Waals surface area contributed by atoms with Crippen LogP contribution < -0.4 is 10.1 Å². The molecule has 2 rings (SSSR count). The van der Waals surface area contributed by atoms with Crippen molar-refractivity contribution in [1.82, 2.24) is 5.32 Å². The third-order valence-electron chi connectivity index (χ3n) is 4.12. The Hall–Kier alpha value is -1.88. The summed E-state index contributed by atoms with van der Waals surface area (Å²) in [6.07, 6.45) is 6.92. The number of hydrogen-bond donors (Lipinski definition) is 2. The van der Waals surface area contributed by atoms with E-state index in [0.717, 1.165) is 40.9 Å². The maximum absolute atomic E-state index is 10.9. The van der Waals surface area contributed by atoms with Gasteiger partial charge in [-0.3, -0.25) is 0 Å². The van der Waals surface area contributed by atoms with Crippen LogP contribution in [-0.4, -0.2) is 24.8 Å². The van der Waals surface area contributed by atoms with Gasteiger partial charge in [-0.1, -0.05) is 58.4 Å². The Morgan fingerprint density at radius 1 is 1.08 bits per heavy atom. The zero-order chi connectivity index (χ0) is 18.8. The first-order valence-electron chi connectivity index (χ1n) is 8.72. The van der Waals surface area contributed by atoms with E-state index >= 15 is 0 Å². The topological polar surface area (TPSA) is 41.5 Å². The molecule has 26 heavy (non-hydrogen) atoms. The summed E-state index contributed by atoms with van der Waals surface area (Å²) in [7, 11) is 0. The highest BCUT2D eigenvalue weighted by Gasteiger charge is 2.25. The van der Waals surface area contributed by atoms with Crippen LogP contribution in [0.1, 0.15) is 24.5 Å². The molecule has 0 aliphatic carbocycles. The molecule has 0 aliphatic rings. The van der Waals surface area contributed by atoms with Crippen molar-refractivity contribution in [3.63, 3.8) is 0 Å². The molecular formula is C22H26BrNO2. The van der Waals surface area contributed by atoms with Crippen molar-refractivity contribution in [1.29, 1.82) is 0 Å². The van der Waals surface area contributed by atoms with Crippen LogP contribution >= 0.6 is 15.9 Å². The smallest absolute Gasteiger partial charge is 0.119 e. The molecule has 0 spiro atoms. The highest BCUT2D eigenvalue weighted by Crippen LogP contribution is 2.31. The lowest BCUT2D eigenvalue weighted by Gasteiger charge is -2.24. The van der Waals surface area contributed by atoms with Gasteiger partial charge in [-0.05, 0) is 55.3 Å². The van der Waals surface area contributed by atoms with Gasteiger partial charge in [0.1, 0.15) is 18.0 Å². The fraction of sp³-hybridized carbons (Fsp3) is 0.273. The van der Waals surface area contributed by atoms with E-state index < -0.39 is 5.60 Å². The zero-order valence-corrected chi connectivity index (χ0v) is 16.7. The number of nitrogens with one attached hydrogen (secondary N) is 1. The number of rotatable bonds is 10. The van der Waals surface area contributed by atoms with Crippen molar-refractivity contribution < 1.29 is 9.84 Å². The largest absolute Gasteiger partial charge is 0.490 e. The molecule has 0 radical (unpaired) electrons. The molecule has 4 heteroatoms. The predicted octanol–water partition coefficient (Wildman–Crippen LogP) is 4.81. The minimum Gasteiger partial charge on any atom is -0.490 e. The van der Waals surface area contributed by atoms with E-state index in [4.69, 9.17) is 4.74 Å². The van der Waals surface area contributed by atoms with Crippen LogP contribution in [0.4, 0.5) is 0 Å². The van der Waals surface area contributed by atoms with Gasteiger partial charge >= 0.3 is 0 Å². The molecule has 0 fully saturated rings. The Morgan fingerprint density at radius 2 is 1.69 bits per heavy atom. The molecule has 2 N–H and O–H groups in total. The van der Waals surface area contributed by atoms with Crippen LogP contribution in [0.3, 0.4) is 0 Å². The standard InChI is InChI=1S/C22H26BrNO2/c1-3-4-15-24-16-5-6-17-26-21-13-9-19(10-14-21)22(2,25)18-7-11-20(23)12-8-18/h3,5-14,24-25H,1,4,15-17H2,2H3. The fourth-order valence-corrected chi connectivity index (χ4v) is 2.77. The van der Waals surface area contributed by atoms with Crippen molar-refractivity contribution in [3.8, 4) is 5.75 Å².